The third kappa shape index (κ3) is 9.25. The highest BCUT2D eigenvalue weighted by Gasteiger charge is 2.08. The van der Waals surface area contributed by atoms with Gasteiger partial charge in [-0.25, -0.2) is 9.59 Å². The topological polar surface area (TPSA) is 55.8 Å². The lowest BCUT2D eigenvalue weighted by atomic mass is 10.2. The predicted molar refractivity (Wildman–Crippen MR) is 73.7 cm³/mol. The van der Waals surface area contributed by atoms with Crippen molar-refractivity contribution in [2.75, 3.05) is 26.7 Å². The summed E-state index contributed by atoms with van der Waals surface area (Å²) in [4.78, 5) is 24.5. The van der Waals surface area contributed by atoms with Crippen molar-refractivity contribution in [3.63, 3.8) is 0 Å². The summed E-state index contributed by atoms with van der Waals surface area (Å²) in [6.45, 7) is 9.19. The summed E-state index contributed by atoms with van der Waals surface area (Å²) in [6, 6.07) is 0. The zero-order valence-electron chi connectivity index (χ0n) is 12.3. The maximum atomic E-state index is 11.4. The highest BCUT2D eigenvalue weighted by molar-refractivity contribution is 5.91. The van der Waals surface area contributed by atoms with E-state index < -0.39 is 11.9 Å². The van der Waals surface area contributed by atoms with E-state index in [1.165, 1.54) is 7.11 Å². The zero-order valence-corrected chi connectivity index (χ0v) is 12.3. The maximum Gasteiger partial charge on any atom is 0.331 e. The number of carbonyl (C=O) groups excluding carboxylic acids is 2. The molecule has 0 saturated heterocycles. The standard InChI is InChI=1S/C14H25NO4/c1-5-15(6-2)11-7-8-12(3)19-14(17)10-9-13(16)18-4/h9-10,12H,5-8,11H2,1-4H3. The molecule has 5 heteroatoms. The molecule has 0 aliphatic carbocycles. The Kier molecular flexibility index (Phi) is 9.80. The summed E-state index contributed by atoms with van der Waals surface area (Å²) in [5.74, 6) is -1.08. The molecule has 5 nitrogen and oxygen atoms in total. The molecule has 0 saturated carbocycles. The van der Waals surface area contributed by atoms with Gasteiger partial charge in [-0.15, -0.1) is 0 Å². The molecular weight excluding hydrogens is 246 g/mol. The van der Waals surface area contributed by atoms with E-state index in [4.69, 9.17) is 4.74 Å². The highest BCUT2D eigenvalue weighted by Crippen LogP contribution is 2.04. The van der Waals surface area contributed by atoms with Gasteiger partial charge in [-0.05, 0) is 39.4 Å². The minimum atomic E-state index is -0.564. The molecule has 0 spiro atoms. The van der Waals surface area contributed by atoms with Crippen LogP contribution in [0.3, 0.4) is 0 Å². The average Bonchev–Trinajstić information content (AvgIpc) is 2.40. The molecule has 0 aromatic carbocycles. The van der Waals surface area contributed by atoms with Gasteiger partial charge in [-0.2, -0.15) is 0 Å². The van der Waals surface area contributed by atoms with E-state index in [1.807, 2.05) is 6.92 Å². The van der Waals surface area contributed by atoms with Crippen molar-refractivity contribution >= 4 is 11.9 Å². The minimum Gasteiger partial charge on any atom is -0.466 e. The van der Waals surface area contributed by atoms with E-state index in [0.717, 1.165) is 44.6 Å². The van der Waals surface area contributed by atoms with Crippen LogP contribution < -0.4 is 0 Å². The van der Waals surface area contributed by atoms with Gasteiger partial charge in [0.25, 0.3) is 0 Å². The summed E-state index contributed by atoms with van der Waals surface area (Å²) < 4.78 is 9.52. The molecule has 0 aromatic heterocycles. The largest absolute Gasteiger partial charge is 0.466 e. The quantitative estimate of drug-likeness (QED) is 0.472. The normalized spacial score (nSPS) is 12.7. The monoisotopic (exact) mass is 271 g/mol. The van der Waals surface area contributed by atoms with Gasteiger partial charge in [0, 0.05) is 12.2 Å². The summed E-state index contributed by atoms with van der Waals surface area (Å²) in [5.41, 5.74) is 0. The van der Waals surface area contributed by atoms with Crippen molar-refractivity contribution in [2.24, 2.45) is 0 Å². The number of carbonyl (C=O) groups is 2. The van der Waals surface area contributed by atoms with Crippen LogP contribution in [0.15, 0.2) is 12.2 Å². The van der Waals surface area contributed by atoms with Crippen LogP contribution in [0.5, 0.6) is 0 Å². The lowest BCUT2D eigenvalue weighted by Gasteiger charge is -2.19. The van der Waals surface area contributed by atoms with Crippen LogP contribution in [0, 0.1) is 0 Å². The van der Waals surface area contributed by atoms with Crippen LogP contribution in [0.2, 0.25) is 0 Å². The number of hydrogen-bond acceptors (Lipinski definition) is 5. The first-order chi connectivity index (χ1) is 9.03. The Labute approximate surface area is 115 Å². The molecule has 0 amide bonds. The summed E-state index contributed by atoms with van der Waals surface area (Å²) in [5, 5.41) is 0. The van der Waals surface area contributed by atoms with Crippen LogP contribution in [0.25, 0.3) is 0 Å². The first kappa shape index (κ1) is 17.6. The Morgan fingerprint density at radius 1 is 1.16 bits per heavy atom. The zero-order chi connectivity index (χ0) is 14.7. The van der Waals surface area contributed by atoms with Crippen LogP contribution >= 0.6 is 0 Å². The van der Waals surface area contributed by atoms with Crippen molar-refractivity contribution < 1.29 is 19.1 Å². The number of esters is 2. The molecule has 1 atom stereocenters. The summed E-state index contributed by atoms with van der Waals surface area (Å²) in [6.07, 6.45) is 3.80. The van der Waals surface area contributed by atoms with Crippen LogP contribution in [-0.4, -0.2) is 49.7 Å². The predicted octanol–water partition coefficient (Wildman–Crippen LogP) is 1.77. The van der Waals surface area contributed by atoms with E-state index in [-0.39, 0.29) is 6.10 Å². The third-order valence-corrected chi connectivity index (χ3v) is 2.85. The van der Waals surface area contributed by atoms with Crippen molar-refractivity contribution in [1.82, 2.24) is 4.90 Å². The smallest absolute Gasteiger partial charge is 0.331 e. The van der Waals surface area contributed by atoms with Gasteiger partial charge in [0.05, 0.1) is 13.2 Å². The molecule has 1 unspecified atom stereocenters. The fourth-order valence-corrected chi connectivity index (χ4v) is 1.64. The Hall–Kier alpha value is -1.36. The van der Waals surface area contributed by atoms with Gasteiger partial charge in [-0.1, -0.05) is 13.8 Å². The molecule has 0 rings (SSSR count). The molecule has 0 fully saturated rings. The van der Waals surface area contributed by atoms with Crippen LogP contribution in [0.1, 0.15) is 33.6 Å². The summed E-state index contributed by atoms with van der Waals surface area (Å²) in [7, 11) is 1.26. The van der Waals surface area contributed by atoms with Crippen LogP contribution in [0.4, 0.5) is 0 Å². The molecule has 0 aliphatic rings. The van der Waals surface area contributed by atoms with E-state index in [1.54, 1.807) is 0 Å². The number of ether oxygens (including phenoxy) is 2. The molecular formula is C14H25NO4. The molecule has 0 aliphatic heterocycles. The van der Waals surface area contributed by atoms with Crippen molar-refractivity contribution in [2.45, 2.75) is 39.7 Å². The molecule has 0 aromatic rings. The fraction of sp³-hybridized carbons (Fsp3) is 0.714. The van der Waals surface area contributed by atoms with Crippen molar-refractivity contribution in [3.8, 4) is 0 Å². The lowest BCUT2D eigenvalue weighted by molar-refractivity contribution is -0.143. The van der Waals surface area contributed by atoms with E-state index in [9.17, 15) is 9.59 Å². The number of hydrogen-bond donors (Lipinski definition) is 0. The number of nitrogens with zero attached hydrogens (tertiary/aromatic N) is 1. The molecule has 0 radical (unpaired) electrons. The first-order valence-corrected chi connectivity index (χ1v) is 6.72. The SMILES string of the molecule is CCN(CC)CCCC(C)OC(=O)C=CC(=O)OC. The number of methoxy groups -OCH3 is 1. The Balaban J connectivity index is 3.85. The van der Waals surface area contributed by atoms with Gasteiger partial charge in [0.2, 0.25) is 0 Å². The van der Waals surface area contributed by atoms with Crippen molar-refractivity contribution in [1.29, 1.82) is 0 Å². The second kappa shape index (κ2) is 10.6. The highest BCUT2D eigenvalue weighted by atomic mass is 16.5. The molecule has 19 heavy (non-hydrogen) atoms. The van der Waals surface area contributed by atoms with Crippen LogP contribution in [-0.2, 0) is 19.1 Å². The van der Waals surface area contributed by atoms with Crippen molar-refractivity contribution in [3.05, 3.63) is 12.2 Å². The minimum absolute atomic E-state index is 0.148. The molecule has 0 bridgehead atoms. The Morgan fingerprint density at radius 2 is 1.74 bits per heavy atom. The Morgan fingerprint density at radius 3 is 2.26 bits per heavy atom. The summed E-state index contributed by atoms with van der Waals surface area (Å²) >= 11 is 0. The third-order valence-electron chi connectivity index (χ3n) is 2.85. The van der Waals surface area contributed by atoms with Gasteiger partial charge in [0.15, 0.2) is 0 Å². The van der Waals surface area contributed by atoms with Gasteiger partial charge < -0.3 is 14.4 Å². The second-order valence-corrected chi connectivity index (χ2v) is 4.27. The molecule has 110 valence electrons. The second-order valence-electron chi connectivity index (χ2n) is 4.27. The number of rotatable bonds is 9. The van der Waals surface area contributed by atoms with Gasteiger partial charge in [0.1, 0.15) is 0 Å². The molecule has 0 N–H and O–H groups in total. The van der Waals surface area contributed by atoms with Gasteiger partial charge in [-0.3, -0.25) is 0 Å². The van der Waals surface area contributed by atoms with E-state index in [0.29, 0.717) is 0 Å². The lowest BCUT2D eigenvalue weighted by Crippen LogP contribution is -2.25. The molecule has 0 heterocycles. The first-order valence-electron chi connectivity index (χ1n) is 6.72. The van der Waals surface area contributed by atoms with E-state index >= 15 is 0 Å². The average molecular weight is 271 g/mol. The Bertz CT molecular complexity index is 298. The van der Waals surface area contributed by atoms with E-state index in [2.05, 4.69) is 23.5 Å². The van der Waals surface area contributed by atoms with Gasteiger partial charge >= 0.3 is 11.9 Å². The fourth-order valence-electron chi connectivity index (χ4n) is 1.64. The maximum absolute atomic E-state index is 11.4.